The fraction of sp³-hybridized carbons (Fsp3) is 0.415. The predicted octanol–water partition coefficient (Wildman–Crippen LogP) is 3.45. The zero-order chi connectivity index (χ0) is 40.8. The lowest BCUT2D eigenvalue weighted by atomic mass is 9.98. The summed E-state index contributed by atoms with van der Waals surface area (Å²) in [5, 5.41) is 8.98. The molecule has 3 heterocycles. The van der Waals surface area contributed by atoms with Crippen LogP contribution in [0.15, 0.2) is 66.7 Å². The van der Waals surface area contributed by atoms with Crippen molar-refractivity contribution in [3.05, 3.63) is 83.4 Å². The van der Waals surface area contributed by atoms with Crippen LogP contribution < -0.4 is 30.2 Å². The van der Waals surface area contributed by atoms with E-state index in [4.69, 9.17) is 38.6 Å². The molecule has 6 atom stereocenters. The molecule has 0 aliphatic carbocycles. The zero-order valence-corrected chi connectivity index (χ0v) is 34.6. The number of hydrogen-bond donors (Lipinski definition) is 3. The van der Waals surface area contributed by atoms with Gasteiger partial charge in [0, 0.05) is 34.0 Å². The van der Waals surface area contributed by atoms with E-state index in [0.717, 1.165) is 11.1 Å². The van der Waals surface area contributed by atoms with E-state index < -0.39 is 54.0 Å². The summed E-state index contributed by atoms with van der Waals surface area (Å²) in [6, 6.07) is 15.0. The van der Waals surface area contributed by atoms with E-state index in [1.54, 1.807) is 72.3 Å². The van der Waals surface area contributed by atoms with E-state index in [0.29, 0.717) is 45.0 Å². The highest BCUT2D eigenvalue weighted by Gasteiger charge is 2.38. The van der Waals surface area contributed by atoms with Gasteiger partial charge in [0.05, 0.1) is 31.3 Å². The Morgan fingerprint density at radius 3 is 1.93 bits per heavy atom. The monoisotopic (exact) mass is 802 g/mol. The number of likely N-dealkylation sites (N-methyl/N-ethyl adjacent to an activating group) is 3. The number of rotatable bonds is 4. The molecule has 56 heavy (non-hydrogen) atoms. The number of nitrogens with zero attached hydrogens (tertiary/aromatic N) is 3. The molecule has 3 aromatic rings. The summed E-state index contributed by atoms with van der Waals surface area (Å²) < 4.78 is 17.1. The molecule has 1 saturated heterocycles. The molecule has 0 radical (unpaired) electrons. The first-order valence-corrected chi connectivity index (χ1v) is 19.2. The molecule has 4 amide bonds. The molecule has 298 valence electrons. The van der Waals surface area contributed by atoms with Gasteiger partial charge in [0.15, 0.2) is 11.5 Å². The molecule has 0 unspecified atom stereocenters. The highest BCUT2D eigenvalue weighted by atomic mass is 32.1. The van der Waals surface area contributed by atoms with Gasteiger partial charge in [-0.05, 0) is 80.3 Å². The molecule has 3 aromatic carbocycles. The summed E-state index contributed by atoms with van der Waals surface area (Å²) in [7, 11) is 8.04. The van der Waals surface area contributed by atoms with Gasteiger partial charge in [-0.25, -0.2) is 0 Å². The summed E-state index contributed by atoms with van der Waals surface area (Å²) in [6.45, 7) is 5.02. The summed E-state index contributed by atoms with van der Waals surface area (Å²) >= 11 is 11.9. The fourth-order valence-electron chi connectivity index (χ4n) is 6.83. The van der Waals surface area contributed by atoms with Crippen molar-refractivity contribution < 1.29 is 33.4 Å². The Bertz CT molecular complexity index is 1960. The third kappa shape index (κ3) is 9.56. The number of carbonyl (C=O) groups excluding carboxylic acids is 4. The number of nitrogens with one attached hydrogen (secondary N) is 3. The first-order valence-electron chi connectivity index (χ1n) is 18.4. The van der Waals surface area contributed by atoms with Crippen LogP contribution in [-0.2, 0) is 38.4 Å². The third-order valence-electron chi connectivity index (χ3n) is 10.4. The lowest BCUT2D eigenvalue weighted by Gasteiger charge is -2.37. The Morgan fingerprint density at radius 2 is 1.29 bits per heavy atom. The van der Waals surface area contributed by atoms with E-state index in [2.05, 4.69) is 16.0 Å². The second-order valence-electron chi connectivity index (χ2n) is 14.3. The van der Waals surface area contributed by atoms with Crippen LogP contribution in [0.3, 0.4) is 0 Å². The molecule has 0 saturated carbocycles. The molecule has 3 aliphatic rings. The molecule has 15 heteroatoms. The zero-order valence-electron chi connectivity index (χ0n) is 33.0. The van der Waals surface area contributed by atoms with Gasteiger partial charge in [0.1, 0.15) is 40.7 Å². The van der Waals surface area contributed by atoms with Crippen LogP contribution in [0.2, 0.25) is 0 Å². The predicted molar refractivity (Wildman–Crippen MR) is 221 cm³/mol. The minimum absolute atomic E-state index is 0.0673. The van der Waals surface area contributed by atoms with Crippen LogP contribution >= 0.6 is 24.4 Å². The molecular formula is C41H50N6O7S2. The van der Waals surface area contributed by atoms with E-state index >= 15 is 0 Å². The van der Waals surface area contributed by atoms with E-state index in [1.807, 2.05) is 41.3 Å². The number of ether oxygens (including phenoxy) is 3. The number of thiocarbonyl (C=S) groups is 2. The van der Waals surface area contributed by atoms with Gasteiger partial charge in [-0.3, -0.25) is 19.2 Å². The average Bonchev–Trinajstić information content (AvgIpc) is 3.19. The number of amides is 4. The molecule has 0 aromatic heterocycles. The van der Waals surface area contributed by atoms with Crippen LogP contribution in [0.1, 0.15) is 37.5 Å². The Labute approximate surface area is 339 Å². The maximum atomic E-state index is 14.7. The fourth-order valence-corrected chi connectivity index (χ4v) is 7.44. The second-order valence-corrected chi connectivity index (χ2v) is 15.1. The van der Waals surface area contributed by atoms with Gasteiger partial charge in [-0.2, -0.15) is 0 Å². The number of fused-ring (bicyclic) bond motifs is 2. The van der Waals surface area contributed by atoms with Crippen LogP contribution in [-0.4, -0.2) is 120 Å². The average molecular weight is 803 g/mol. The summed E-state index contributed by atoms with van der Waals surface area (Å²) in [4.78, 5) is 62.2. The maximum Gasteiger partial charge on any atom is 0.246 e. The highest BCUT2D eigenvalue weighted by molar-refractivity contribution is 7.80. The van der Waals surface area contributed by atoms with Crippen molar-refractivity contribution in [1.82, 2.24) is 30.7 Å². The van der Waals surface area contributed by atoms with Crippen molar-refractivity contribution >= 4 is 58.0 Å². The van der Waals surface area contributed by atoms with Crippen LogP contribution in [0.5, 0.6) is 23.0 Å². The Kier molecular flexibility index (Phi) is 13.5. The summed E-state index contributed by atoms with van der Waals surface area (Å²) in [6.07, 6.45) is 0.622. The van der Waals surface area contributed by atoms with E-state index in [1.165, 1.54) is 24.0 Å². The topological polar surface area (TPSA) is 142 Å². The highest BCUT2D eigenvalue weighted by Crippen LogP contribution is 2.34. The molecule has 3 N–H and O–H groups in total. The molecule has 1 fully saturated rings. The standard InChI is InChI=1S/C41H50N6O7S2/c1-23-36(48)43-25(3)41(56)47(6)32(19-26-9-14-29(52-7)15-10-26)38(55)44-24(2)39(50)46(5)33-20-27-11-16-30(17-12-27)54-35-22-28(13-18-34(35)53-8)21-31(37(49)42-23)45(4)40(33)51/h9-18,22-25,31-33H,19-21H2,1-8H3,(H,42,49)(H,43,48)(H,44,55)/t23-,24+,25+,31+,32+,33+/m1/s1. The van der Waals surface area contributed by atoms with Gasteiger partial charge in [0.2, 0.25) is 23.6 Å². The first-order chi connectivity index (χ1) is 26.6. The van der Waals surface area contributed by atoms with Crippen molar-refractivity contribution in [2.45, 2.75) is 76.3 Å². The Balaban J connectivity index is 1.57. The van der Waals surface area contributed by atoms with Crippen molar-refractivity contribution in [3.63, 3.8) is 0 Å². The van der Waals surface area contributed by atoms with Crippen molar-refractivity contribution in [2.24, 2.45) is 0 Å². The largest absolute Gasteiger partial charge is 0.497 e. The van der Waals surface area contributed by atoms with Crippen molar-refractivity contribution in [1.29, 1.82) is 0 Å². The van der Waals surface area contributed by atoms with Gasteiger partial charge in [-0.1, -0.05) is 54.8 Å². The Hall–Kier alpha value is -5.28. The van der Waals surface area contributed by atoms with Gasteiger partial charge in [0.25, 0.3) is 0 Å². The van der Waals surface area contributed by atoms with Crippen LogP contribution in [0, 0.1) is 0 Å². The van der Waals surface area contributed by atoms with E-state index in [9.17, 15) is 19.2 Å². The van der Waals surface area contributed by atoms with Crippen molar-refractivity contribution in [2.75, 3.05) is 35.4 Å². The quantitative estimate of drug-likeness (QED) is 0.335. The van der Waals surface area contributed by atoms with Crippen LogP contribution in [0.25, 0.3) is 0 Å². The van der Waals surface area contributed by atoms with E-state index in [-0.39, 0.29) is 18.7 Å². The number of hydrogen-bond acceptors (Lipinski definition) is 9. The maximum absolute atomic E-state index is 14.7. The lowest BCUT2D eigenvalue weighted by Crippen LogP contribution is -2.61. The smallest absolute Gasteiger partial charge is 0.246 e. The molecule has 0 spiro atoms. The second kappa shape index (κ2) is 18.1. The molecule has 6 rings (SSSR count). The van der Waals surface area contributed by atoms with Gasteiger partial charge in [-0.15, -0.1) is 0 Å². The summed E-state index contributed by atoms with van der Waals surface area (Å²) in [5.74, 6) is 0.285. The third-order valence-corrected chi connectivity index (χ3v) is 11.4. The normalized spacial score (nSPS) is 24.3. The minimum atomic E-state index is -1.08. The molecule has 13 nitrogen and oxygen atoms in total. The van der Waals surface area contributed by atoms with Gasteiger partial charge < -0.3 is 44.9 Å². The number of carbonyl (C=O) groups is 4. The first kappa shape index (κ1) is 41.9. The number of benzene rings is 3. The number of methoxy groups -OCH3 is 2. The molecular weight excluding hydrogens is 753 g/mol. The van der Waals surface area contributed by atoms with Crippen LogP contribution in [0.4, 0.5) is 0 Å². The lowest BCUT2D eigenvalue weighted by molar-refractivity contribution is -0.148. The minimum Gasteiger partial charge on any atom is -0.497 e. The van der Waals surface area contributed by atoms with Gasteiger partial charge >= 0.3 is 0 Å². The Morgan fingerprint density at radius 1 is 0.679 bits per heavy atom. The van der Waals surface area contributed by atoms with Crippen molar-refractivity contribution in [3.8, 4) is 23.0 Å². The summed E-state index contributed by atoms with van der Waals surface area (Å²) in [5.41, 5.74) is 2.37. The molecule has 6 bridgehead atoms. The SMILES string of the molecule is COc1ccc(C[C@H]2C(=S)N[C@@H](C)C(=O)N(C)[C@H]3Cc4ccc(cc4)Oc4cc(ccc4OC)C[C@@H](C(=O)N[C@H](C)C(=O)N[C@@H](C)C(=S)N2C)N(C)C3=O)cc1. The molecule has 3 aliphatic heterocycles.